The smallest absolute Gasteiger partial charge is 0.103 e. The summed E-state index contributed by atoms with van der Waals surface area (Å²) in [7, 11) is 0. The number of pyridine rings is 1. The van der Waals surface area contributed by atoms with Crippen molar-refractivity contribution in [2.24, 2.45) is 0 Å². The first-order valence-corrected chi connectivity index (χ1v) is 7.36. The fraction of sp³-hybridized carbons (Fsp3) is 0. The number of nitrogens with zero attached hydrogens (tertiary/aromatic N) is 2. The molecular formula is C16H9BrClN3. The molecule has 0 bridgehead atoms. The Morgan fingerprint density at radius 1 is 1.19 bits per heavy atom. The van der Waals surface area contributed by atoms with E-state index in [0.717, 1.165) is 15.5 Å². The Morgan fingerprint density at radius 3 is 2.76 bits per heavy atom. The van der Waals surface area contributed by atoms with E-state index in [9.17, 15) is 5.26 Å². The molecule has 0 radical (unpaired) electrons. The van der Waals surface area contributed by atoms with Gasteiger partial charge in [0.05, 0.1) is 21.8 Å². The van der Waals surface area contributed by atoms with Gasteiger partial charge in [0.2, 0.25) is 0 Å². The zero-order valence-electron chi connectivity index (χ0n) is 10.8. The third-order valence-electron chi connectivity index (χ3n) is 3.06. The molecule has 0 spiro atoms. The molecule has 0 aliphatic carbocycles. The average molecular weight is 359 g/mol. The van der Waals surface area contributed by atoms with E-state index in [1.807, 2.05) is 36.4 Å². The van der Waals surface area contributed by atoms with Crippen LogP contribution in [-0.2, 0) is 0 Å². The van der Waals surface area contributed by atoms with E-state index in [2.05, 4.69) is 32.3 Å². The second kappa shape index (κ2) is 5.72. The Morgan fingerprint density at radius 2 is 2.00 bits per heavy atom. The van der Waals surface area contributed by atoms with Crippen LogP contribution in [0.2, 0.25) is 5.02 Å². The van der Waals surface area contributed by atoms with Crippen LogP contribution in [0.1, 0.15) is 5.56 Å². The number of para-hydroxylation sites is 1. The predicted molar refractivity (Wildman–Crippen MR) is 88.9 cm³/mol. The Bertz CT molecular complexity index is 871. The van der Waals surface area contributed by atoms with Gasteiger partial charge in [0, 0.05) is 21.7 Å². The van der Waals surface area contributed by atoms with Crippen LogP contribution in [0.15, 0.2) is 53.1 Å². The van der Waals surface area contributed by atoms with Crippen molar-refractivity contribution < 1.29 is 0 Å². The number of benzene rings is 2. The first-order chi connectivity index (χ1) is 10.2. The van der Waals surface area contributed by atoms with E-state index in [4.69, 9.17) is 11.6 Å². The number of hydrogen-bond donors (Lipinski definition) is 1. The summed E-state index contributed by atoms with van der Waals surface area (Å²) in [5.74, 6) is 0. The summed E-state index contributed by atoms with van der Waals surface area (Å²) in [6, 6.07) is 15.4. The van der Waals surface area contributed by atoms with Gasteiger partial charge in [0.15, 0.2) is 0 Å². The van der Waals surface area contributed by atoms with Crippen LogP contribution in [0.5, 0.6) is 0 Å². The molecule has 21 heavy (non-hydrogen) atoms. The third-order valence-corrected chi connectivity index (χ3v) is 3.86. The fourth-order valence-corrected chi connectivity index (χ4v) is 2.74. The van der Waals surface area contributed by atoms with Crippen molar-refractivity contribution in [1.82, 2.24) is 4.98 Å². The van der Waals surface area contributed by atoms with Crippen LogP contribution in [-0.4, -0.2) is 4.98 Å². The van der Waals surface area contributed by atoms with Crippen molar-refractivity contribution >= 4 is 49.8 Å². The number of anilines is 2. The Labute approximate surface area is 135 Å². The van der Waals surface area contributed by atoms with Crippen molar-refractivity contribution in [2.75, 3.05) is 5.32 Å². The van der Waals surface area contributed by atoms with E-state index in [0.29, 0.717) is 21.8 Å². The van der Waals surface area contributed by atoms with E-state index >= 15 is 0 Å². The molecule has 0 unspecified atom stereocenters. The largest absolute Gasteiger partial charge is 0.354 e. The number of fused-ring (bicyclic) bond motifs is 1. The van der Waals surface area contributed by atoms with Gasteiger partial charge >= 0.3 is 0 Å². The molecule has 3 nitrogen and oxygen atoms in total. The lowest BCUT2D eigenvalue weighted by molar-refractivity contribution is 1.36. The molecule has 0 amide bonds. The molecule has 0 saturated heterocycles. The van der Waals surface area contributed by atoms with Gasteiger partial charge in [-0.05, 0) is 24.3 Å². The SMILES string of the molecule is N#Cc1cnc2c(Cl)cccc2c1Nc1cccc(Br)c1. The maximum atomic E-state index is 9.31. The number of nitriles is 1. The first kappa shape index (κ1) is 13.9. The summed E-state index contributed by atoms with van der Waals surface area (Å²) in [6.07, 6.45) is 1.54. The summed E-state index contributed by atoms with van der Waals surface area (Å²) in [5.41, 5.74) is 2.75. The number of hydrogen-bond acceptors (Lipinski definition) is 3. The van der Waals surface area contributed by atoms with Gasteiger partial charge in [0.25, 0.3) is 0 Å². The van der Waals surface area contributed by atoms with E-state index in [1.54, 1.807) is 6.07 Å². The van der Waals surface area contributed by atoms with Crippen LogP contribution >= 0.6 is 27.5 Å². The highest BCUT2D eigenvalue weighted by atomic mass is 79.9. The van der Waals surface area contributed by atoms with Crippen molar-refractivity contribution in [3.05, 3.63) is 63.7 Å². The number of rotatable bonds is 2. The van der Waals surface area contributed by atoms with E-state index in [-0.39, 0.29) is 0 Å². The Balaban J connectivity index is 2.20. The Hall–Kier alpha value is -2.09. The van der Waals surface area contributed by atoms with Crippen LogP contribution in [0.4, 0.5) is 11.4 Å². The van der Waals surface area contributed by atoms with Crippen LogP contribution in [0.3, 0.4) is 0 Å². The van der Waals surface area contributed by atoms with Gasteiger partial charge in [-0.3, -0.25) is 4.98 Å². The molecule has 3 aromatic rings. The van der Waals surface area contributed by atoms with Gasteiger partial charge in [-0.2, -0.15) is 5.26 Å². The normalized spacial score (nSPS) is 10.3. The van der Waals surface area contributed by atoms with E-state index in [1.165, 1.54) is 6.20 Å². The third kappa shape index (κ3) is 2.71. The highest BCUT2D eigenvalue weighted by Gasteiger charge is 2.11. The molecule has 102 valence electrons. The zero-order valence-corrected chi connectivity index (χ0v) is 13.1. The highest BCUT2D eigenvalue weighted by Crippen LogP contribution is 2.32. The number of aromatic nitrogens is 1. The molecule has 0 fully saturated rings. The summed E-state index contributed by atoms with van der Waals surface area (Å²) in [4.78, 5) is 4.27. The second-order valence-corrected chi connectivity index (χ2v) is 5.75. The van der Waals surface area contributed by atoms with Crippen LogP contribution < -0.4 is 5.32 Å². The number of halogens is 2. The molecule has 1 aromatic heterocycles. The predicted octanol–water partition coefficient (Wildman–Crippen LogP) is 5.27. The lowest BCUT2D eigenvalue weighted by Crippen LogP contribution is -1.97. The number of nitrogens with one attached hydrogen (secondary N) is 1. The lowest BCUT2D eigenvalue weighted by atomic mass is 10.1. The molecular weight excluding hydrogens is 350 g/mol. The topological polar surface area (TPSA) is 48.7 Å². The molecule has 0 atom stereocenters. The molecule has 2 aromatic carbocycles. The van der Waals surface area contributed by atoms with Gasteiger partial charge < -0.3 is 5.32 Å². The molecule has 5 heteroatoms. The molecule has 3 rings (SSSR count). The van der Waals surface area contributed by atoms with Crippen molar-refractivity contribution in [3.63, 3.8) is 0 Å². The van der Waals surface area contributed by atoms with Crippen molar-refractivity contribution in [1.29, 1.82) is 5.26 Å². The van der Waals surface area contributed by atoms with Gasteiger partial charge in [-0.25, -0.2) is 0 Å². The van der Waals surface area contributed by atoms with E-state index < -0.39 is 0 Å². The zero-order chi connectivity index (χ0) is 14.8. The van der Waals surface area contributed by atoms with Crippen LogP contribution in [0, 0.1) is 11.3 Å². The fourth-order valence-electron chi connectivity index (χ4n) is 2.12. The average Bonchev–Trinajstić information content (AvgIpc) is 2.48. The quantitative estimate of drug-likeness (QED) is 0.679. The molecule has 0 saturated carbocycles. The molecule has 0 aliphatic rings. The summed E-state index contributed by atoms with van der Waals surface area (Å²) in [6.45, 7) is 0. The second-order valence-electron chi connectivity index (χ2n) is 4.43. The van der Waals surface area contributed by atoms with Gasteiger partial charge in [-0.15, -0.1) is 0 Å². The summed E-state index contributed by atoms with van der Waals surface area (Å²) >= 11 is 9.61. The van der Waals surface area contributed by atoms with Crippen molar-refractivity contribution in [3.8, 4) is 6.07 Å². The maximum absolute atomic E-state index is 9.31. The summed E-state index contributed by atoms with van der Waals surface area (Å²) < 4.78 is 0.961. The molecule has 1 N–H and O–H groups in total. The lowest BCUT2D eigenvalue weighted by Gasteiger charge is -2.12. The first-order valence-electron chi connectivity index (χ1n) is 6.19. The monoisotopic (exact) mass is 357 g/mol. The minimum atomic E-state index is 0.477. The maximum Gasteiger partial charge on any atom is 0.103 e. The van der Waals surface area contributed by atoms with Gasteiger partial charge in [-0.1, -0.05) is 45.7 Å². The highest BCUT2D eigenvalue weighted by molar-refractivity contribution is 9.10. The molecule has 1 heterocycles. The van der Waals surface area contributed by atoms with Crippen LogP contribution in [0.25, 0.3) is 10.9 Å². The summed E-state index contributed by atoms with van der Waals surface area (Å²) in [5, 5.41) is 14.0. The molecule has 0 aliphatic heterocycles. The Kier molecular flexibility index (Phi) is 3.78. The standard InChI is InChI=1S/C16H9BrClN3/c17-11-3-1-4-12(7-11)21-15-10(8-19)9-20-16-13(15)5-2-6-14(16)18/h1-7,9H,(H,20,21). The minimum absolute atomic E-state index is 0.477. The van der Waals surface area contributed by atoms with Gasteiger partial charge in [0.1, 0.15) is 6.07 Å². The minimum Gasteiger partial charge on any atom is -0.354 e. The van der Waals surface area contributed by atoms with Crippen molar-refractivity contribution in [2.45, 2.75) is 0 Å².